The quantitative estimate of drug-likeness (QED) is 0.556. The predicted octanol–water partition coefficient (Wildman–Crippen LogP) is 3.73. The minimum Gasteiger partial charge on any atom is -0.495 e. The molecule has 1 saturated carbocycles. The molecule has 2 heterocycles. The Bertz CT molecular complexity index is 1140. The molecule has 148 valence electrons. The van der Waals surface area contributed by atoms with Gasteiger partial charge in [-0.1, -0.05) is 11.6 Å². The molecule has 1 aromatic carbocycles. The smallest absolute Gasteiger partial charge is 0.231 e. The Balaban J connectivity index is 1.71. The number of rotatable bonds is 6. The minimum atomic E-state index is -3.34. The van der Waals surface area contributed by atoms with E-state index in [-0.39, 0.29) is 4.90 Å². The summed E-state index contributed by atoms with van der Waals surface area (Å²) < 4.78 is 28.9. The molecule has 0 radical (unpaired) electrons. The summed E-state index contributed by atoms with van der Waals surface area (Å²) in [5.74, 6) is 1.39. The molecule has 1 aliphatic rings. The summed E-state index contributed by atoms with van der Waals surface area (Å²) in [6, 6.07) is 4.98. The molecular weight excluding hydrogens is 402 g/mol. The Morgan fingerprint density at radius 2 is 2.07 bits per heavy atom. The highest BCUT2D eigenvalue weighted by Crippen LogP contribution is 2.34. The number of nitrogens with one attached hydrogen (secondary N) is 3. The van der Waals surface area contributed by atoms with Crippen LogP contribution in [-0.4, -0.2) is 42.8 Å². The monoisotopic (exact) mass is 421 g/mol. The summed E-state index contributed by atoms with van der Waals surface area (Å²) >= 11 is 6.29. The molecule has 10 heteroatoms. The van der Waals surface area contributed by atoms with E-state index >= 15 is 0 Å². The van der Waals surface area contributed by atoms with Crippen molar-refractivity contribution in [1.29, 1.82) is 0 Å². The summed E-state index contributed by atoms with van der Waals surface area (Å²) in [5, 5.41) is 7.84. The molecule has 0 unspecified atom stereocenters. The topological polar surface area (TPSA) is 109 Å². The van der Waals surface area contributed by atoms with Gasteiger partial charge in [-0.25, -0.2) is 8.42 Å². The van der Waals surface area contributed by atoms with Crippen molar-refractivity contribution in [1.82, 2.24) is 15.0 Å². The second-order valence-electron chi connectivity index (χ2n) is 6.79. The van der Waals surface area contributed by atoms with Crippen LogP contribution in [0.3, 0.4) is 0 Å². The zero-order chi connectivity index (χ0) is 19.9. The number of halogens is 1. The van der Waals surface area contributed by atoms with E-state index in [2.05, 4.69) is 25.6 Å². The van der Waals surface area contributed by atoms with Crippen LogP contribution in [0, 0.1) is 0 Å². The van der Waals surface area contributed by atoms with Crippen LogP contribution in [0.25, 0.3) is 11.0 Å². The Hall–Kier alpha value is -2.52. The van der Waals surface area contributed by atoms with Gasteiger partial charge in [-0.3, -0.25) is 0 Å². The number of aromatic nitrogens is 3. The SMILES string of the molecule is COc1cc(S(C)(=O)=O)ccc1Nc1nc(NC2CCC2)c2c(Cl)c[nH]c2n1. The second kappa shape index (κ2) is 7.14. The van der Waals surface area contributed by atoms with Crippen LogP contribution in [-0.2, 0) is 9.84 Å². The van der Waals surface area contributed by atoms with Crippen molar-refractivity contribution in [3.8, 4) is 5.75 Å². The third-order valence-corrected chi connectivity index (χ3v) is 6.19. The molecule has 3 aromatic rings. The molecule has 0 amide bonds. The molecule has 2 aromatic heterocycles. The molecule has 0 atom stereocenters. The second-order valence-corrected chi connectivity index (χ2v) is 9.21. The maximum Gasteiger partial charge on any atom is 0.231 e. The maximum absolute atomic E-state index is 11.8. The van der Waals surface area contributed by atoms with E-state index in [4.69, 9.17) is 16.3 Å². The number of benzene rings is 1. The summed E-state index contributed by atoms with van der Waals surface area (Å²) in [6.07, 6.45) is 6.22. The van der Waals surface area contributed by atoms with Crippen molar-refractivity contribution >= 4 is 49.9 Å². The van der Waals surface area contributed by atoms with E-state index < -0.39 is 9.84 Å². The van der Waals surface area contributed by atoms with Gasteiger partial charge in [0.15, 0.2) is 9.84 Å². The number of fused-ring (bicyclic) bond motifs is 1. The Labute approximate surface area is 167 Å². The fourth-order valence-corrected chi connectivity index (χ4v) is 3.90. The highest BCUT2D eigenvalue weighted by atomic mass is 35.5. The fourth-order valence-electron chi connectivity index (χ4n) is 3.03. The molecule has 1 aliphatic carbocycles. The largest absolute Gasteiger partial charge is 0.495 e. The van der Waals surface area contributed by atoms with Crippen molar-refractivity contribution in [2.24, 2.45) is 0 Å². The summed E-state index contributed by atoms with van der Waals surface area (Å²) in [5.41, 5.74) is 1.16. The van der Waals surface area contributed by atoms with Gasteiger partial charge in [-0.05, 0) is 31.4 Å². The van der Waals surface area contributed by atoms with Crippen LogP contribution in [0.5, 0.6) is 5.75 Å². The summed E-state index contributed by atoms with van der Waals surface area (Å²) in [7, 11) is -1.86. The van der Waals surface area contributed by atoms with Crippen LogP contribution in [0.4, 0.5) is 17.5 Å². The number of hydrogen-bond donors (Lipinski definition) is 3. The average molecular weight is 422 g/mol. The van der Waals surface area contributed by atoms with E-state index in [0.29, 0.717) is 39.9 Å². The number of sulfone groups is 1. The molecule has 0 spiro atoms. The van der Waals surface area contributed by atoms with Gasteiger partial charge in [0.05, 0.1) is 28.1 Å². The van der Waals surface area contributed by atoms with Crippen molar-refractivity contribution in [3.05, 3.63) is 29.4 Å². The minimum absolute atomic E-state index is 0.176. The highest BCUT2D eigenvalue weighted by Gasteiger charge is 2.21. The molecule has 3 N–H and O–H groups in total. The van der Waals surface area contributed by atoms with E-state index in [1.807, 2.05) is 0 Å². The Kier molecular flexibility index (Phi) is 4.80. The van der Waals surface area contributed by atoms with Crippen LogP contribution in [0.15, 0.2) is 29.3 Å². The first-order chi connectivity index (χ1) is 13.3. The van der Waals surface area contributed by atoms with E-state index in [0.717, 1.165) is 24.5 Å². The third-order valence-electron chi connectivity index (χ3n) is 4.78. The van der Waals surface area contributed by atoms with Gasteiger partial charge in [-0.2, -0.15) is 9.97 Å². The molecule has 1 fully saturated rings. The number of nitrogens with zero attached hydrogens (tertiary/aromatic N) is 2. The highest BCUT2D eigenvalue weighted by molar-refractivity contribution is 7.90. The number of aromatic amines is 1. The maximum atomic E-state index is 11.8. The number of H-pyrrole nitrogens is 1. The number of hydrogen-bond acceptors (Lipinski definition) is 7. The molecule has 0 aliphatic heterocycles. The van der Waals surface area contributed by atoms with Crippen molar-refractivity contribution in [2.75, 3.05) is 24.0 Å². The molecule has 8 nitrogen and oxygen atoms in total. The zero-order valence-corrected chi connectivity index (χ0v) is 17.0. The van der Waals surface area contributed by atoms with Gasteiger partial charge in [0.2, 0.25) is 5.95 Å². The lowest BCUT2D eigenvalue weighted by Gasteiger charge is -2.27. The average Bonchev–Trinajstić information content (AvgIpc) is 2.98. The molecule has 28 heavy (non-hydrogen) atoms. The van der Waals surface area contributed by atoms with Gasteiger partial charge in [0, 0.05) is 24.6 Å². The first-order valence-corrected chi connectivity index (χ1v) is 11.1. The summed E-state index contributed by atoms with van der Waals surface area (Å²) in [4.78, 5) is 12.3. The number of ether oxygens (including phenoxy) is 1. The molecule has 0 bridgehead atoms. The van der Waals surface area contributed by atoms with Gasteiger partial charge in [0.25, 0.3) is 0 Å². The van der Waals surface area contributed by atoms with E-state index in [1.165, 1.54) is 25.7 Å². The van der Waals surface area contributed by atoms with Crippen LogP contribution in [0.1, 0.15) is 19.3 Å². The standard InChI is InChI=1S/C18H20ClN5O3S/c1-27-14-8-11(28(2,25)26)6-7-13(14)22-18-23-16-15(12(19)9-20-16)17(24-18)21-10-4-3-5-10/h6-10H,3-5H2,1-2H3,(H3,20,21,22,23,24). The lowest BCUT2D eigenvalue weighted by Crippen LogP contribution is -2.27. The fraction of sp³-hybridized carbons (Fsp3) is 0.333. The first kappa shape index (κ1) is 18.8. The predicted molar refractivity (Wildman–Crippen MR) is 110 cm³/mol. The van der Waals surface area contributed by atoms with Crippen LogP contribution in [0.2, 0.25) is 5.02 Å². The van der Waals surface area contributed by atoms with Gasteiger partial charge < -0.3 is 20.4 Å². The molecular formula is C18H20ClN5O3S. The zero-order valence-electron chi connectivity index (χ0n) is 15.4. The van der Waals surface area contributed by atoms with Crippen molar-refractivity contribution in [3.63, 3.8) is 0 Å². The van der Waals surface area contributed by atoms with Crippen LogP contribution >= 0.6 is 11.6 Å². The lowest BCUT2D eigenvalue weighted by molar-refractivity contribution is 0.415. The lowest BCUT2D eigenvalue weighted by atomic mass is 9.93. The van der Waals surface area contributed by atoms with Crippen molar-refractivity contribution < 1.29 is 13.2 Å². The number of anilines is 3. The van der Waals surface area contributed by atoms with Crippen molar-refractivity contribution in [2.45, 2.75) is 30.2 Å². The Morgan fingerprint density at radius 1 is 1.29 bits per heavy atom. The number of methoxy groups -OCH3 is 1. The summed E-state index contributed by atoms with van der Waals surface area (Å²) in [6.45, 7) is 0. The van der Waals surface area contributed by atoms with E-state index in [1.54, 1.807) is 12.3 Å². The molecule has 0 saturated heterocycles. The normalized spacial score (nSPS) is 14.7. The van der Waals surface area contributed by atoms with Gasteiger partial charge >= 0.3 is 0 Å². The molecule has 4 rings (SSSR count). The van der Waals surface area contributed by atoms with Gasteiger partial charge in [0.1, 0.15) is 17.2 Å². The Morgan fingerprint density at radius 3 is 2.71 bits per heavy atom. The van der Waals surface area contributed by atoms with E-state index in [9.17, 15) is 8.42 Å². The van der Waals surface area contributed by atoms with Gasteiger partial charge in [-0.15, -0.1) is 0 Å². The third kappa shape index (κ3) is 3.59. The van der Waals surface area contributed by atoms with Crippen LogP contribution < -0.4 is 15.4 Å². The first-order valence-electron chi connectivity index (χ1n) is 8.81.